The van der Waals surface area contributed by atoms with E-state index in [1.807, 2.05) is 47.4 Å². The summed E-state index contributed by atoms with van der Waals surface area (Å²) in [4.78, 5) is 40.8. The van der Waals surface area contributed by atoms with E-state index >= 15 is 0 Å². The van der Waals surface area contributed by atoms with Gasteiger partial charge in [0.2, 0.25) is 5.91 Å². The average Bonchev–Trinajstić information content (AvgIpc) is 3.22. The number of methoxy groups -OCH3 is 1. The van der Waals surface area contributed by atoms with Crippen molar-refractivity contribution in [3.63, 3.8) is 0 Å². The molecule has 0 N–H and O–H groups in total. The first-order valence-electron chi connectivity index (χ1n) is 11.0. The predicted molar refractivity (Wildman–Crippen MR) is 124 cm³/mol. The Hall–Kier alpha value is -2.80. The lowest BCUT2D eigenvalue weighted by Crippen LogP contribution is -2.40. The zero-order valence-electron chi connectivity index (χ0n) is 18.2. The number of hydrogen-bond acceptors (Lipinski definition) is 5. The van der Waals surface area contributed by atoms with E-state index < -0.39 is 0 Å². The number of nitrogens with zero attached hydrogens (tertiary/aromatic N) is 2. The van der Waals surface area contributed by atoms with Gasteiger partial charge in [0.05, 0.1) is 18.8 Å². The molecule has 2 aliphatic rings. The molecule has 0 aromatic heterocycles. The van der Waals surface area contributed by atoms with E-state index in [1.54, 1.807) is 16.7 Å². The monoisotopic (exact) mass is 452 g/mol. The van der Waals surface area contributed by atoms with Crippen LogP contribution in [0.15, 0.2) is 54.6 Å². The highest BCUT2D eigenvalue weighted by Crippen LogP contribution is 2.38. The Morgan fingerprint density at radius 1 is 1.03 bits per heavy atom. The molecule has 168 valence electrons. The van der Waals surface area contributed by atoms with Gasteiger partial charge in [0.1, 0.15) is 5.37 Å². The summed E-state index contributed by atoms with van der Waals surface area (Å²) in [6, 6.07) is 17.8. The van der Waals surface area contributed by atoms with Gasteiger partial charge < -0.3 is 14.5 Å². The maximum absolute atomic E-state index is 12.9. The van der Waals surface area contributed by atoms with Gasteiger partial charge in [0.15, 0.2) is 0 Å². The molecule has 32 heavy (non-hydrogen) atoms. The molecule has 0 spiro atoms. The second kappa shape index (κ2) is 10.2. The van der Waals surface area contributed by atoms with Crippen LogP contribution in [0.4, 0.5) is 0 Å². The van der Waals surface area contributed by atoms with E-state index in [4.69, 9.17) is 4.74 Å². The summed E-state index contributed by atoms with van der Waals surface area (Å²) >= 11 is 1.63. The molecule has 0 saturated carbocycles. The second-order valence-corrected chi connectivity index (χ2v) is 9.27. The van der Waals surface area contributed by atoms with E-state index in [2.05, 4.69) is 12.1 Å². The molecule has 2 fully saturated rings. The van der Waals surface area contributed by atoms with Crippen molar-refractivity contribution >= 4 is 29.5 Å². The third kappa shape index (κ3) is 4.99. The molecule has 2 amide bonds. The van der Waals surface area contributed by atoms with Crippen molar-refractivity contribution in [1.82, 2.24) is 9.80 Å². The Morgan fingerprint density at radius 3 is 2.38 bits per heavy atom. The second-order valence-electron chi connectivity index (χ2n) is 8.20. The molecule has 0 radical (unpaired) electrons. The van der Waals surface area contributed by atoms with Crippen molar-refractivity contribution in [2.24, 2.45) is 5.92 Å². The first-order chi connectivity index (χ1) is 15.6. The normalized spacial score (nSPS) is 19.3. The molecular formula is C25H28N2O4S. The van der Waals surface area contributed by atoms with Gasteiger partial charge in [-0.05, 0) is 42.5 Å². The zero-order chi connectivity index (χ0) is 22.5. The Labute approximate surface area is 192 Å². The van der Waals surface area contributed by atoms with Crippen LogP contribution >= 0.6 is 11.8 Å². The number of carbonyl (C=O) groups is 3. The molecule has 4 rings (SSSR count). The fraction of sp³-hybridized carbons (Fsp3) is 0.400. The molecule has 0 bridgehead atoms. The zero-order valence-corrected chi connectivity index (χ0v) is 19.1. The summed E-state index contributed by atoms with van der Waals surface area (Å²) in [6.07, 6.45) is 2.09. The van der Waals surface area contributed by atoms with Crippen molar-refractivity contribution < 1.29 is 19.1 Å². The molecular weight excluding hydrogens is 424 g/mol. The largest absolute Gasteiger partial charge is 0.469 e. The topological polar surface area (TPSA) is 66.9 Å². The van der Waals surface area contributed by atoms with Crippen LogP contribution in [0.3, 0.4) is 0 Å². The average molecular weight is 453 g/mol. The smallest absolute Gasteiger partial charge is 0.308 e. The van der Waals surface area contributed by atoms with Gasteiger partial charge in [0, 0.05) is 25.2 Å². The standard InChI is InChI=1S/C25H28N2O4S/c1-31-25(30)21-12-14-26(15-13-21)23(29)19-7-9-20(10-8-19)24-27(22(28)17-32-24)16-11-18-5-3-2-4-6-18/h2-10,21,24H,11-17H2,1H3. The summed E-state index contributed by atoms with van der Waals surface area (Å²) in [6.45, 7) is 1.79. The molecule has 6 nitrogen and oxygen atoms in total. The Kier molecular flexibility index (Phi) is 7.15. The molecule has 0 aliphatic carbocycles. The first-order valence-corrected chi connectivity index (χ1v) is 12.0. The summed E-state index contributed by atoms with van der Waals surface area (Å²) in [5.74, 6) is 0.308. The highest BCUT2D eigenvalue weighted by Gasteiger charge is 2.33. The minimum atomic E-state index is -0.193. The number of ether oxygens (including phenoxy) is 1. The fourth-order valence-corrected chi connectivity index (χ4v) is 5.54. The van der Waals surface area contributed by atoms with Crippen molar-refractivity contribution in [2.75, 3.05) is 32.5 Å². The van der Waals surface area contributed by atoms with Crippen LogP contribution < -0.4 is 0 Å². The van der Waals surface area contributed by atoms with E-state index in [-0.39, 0.29) is 29.1 Å². The summed E-state index contributed by atoms with van der Waals surface area (Å²) in [5.41, 5.74) is 2.89. The molecule has 7 heteroatoms. The number of rotatable bonds is 6. The minimum Gasteiger partial charge on any atom is -0.469 e. The van der Waals surface area contributed by atoms with Crippen LogP contribution in [0.1, 0.15) is 39.7 Å². The van der Waals surface area contributed by atoms with Gasteiger partial charge in [-0.1, -0.05) is 42.5 Å². The number of thioether (sulfide) groups is 1. The lowest BCUT2D eigenvalue weighted by Gasteiger charge is -2.31. The number of amides is 2. The van der Waals surface area contributed by atoms with Crippen LogP contribution in [0.2, 0.25) is 0 Å². The quantitative estimate of drug-likeness (QED) is 0.628. The minimum absolute atomic E-state index is 0.0176. The number of carbonyl (C=O) groups excluding carboxylic acids is 3. The SMILES string of the molecule is COC(=O)C1CCN(C(=O)c2ccc(C3SCC(=O)N3CCc3ccccc3)cc2)CC1. The van der Waals surface area contributed by atoms with Crippen LogP contribution in [0.25, 0.3) is 0 Å². The van der Waals surface area contributed by atoms with Crippen molar-refractivity contribution in [3.05, 3.63) is 71.3 Å². The van der Waals surface area contributed by atoms with Gasteiger partial charge in [-0.2, -0.15) is 0 Å². The molecule has 2 aromatic rings. The molecule has 1 unspecified atom stereocenters. The third-order valence-electron chi connectivity index (χ3n) is 6.21. The Balaban J connectivity index is 1.37. The molecule has 2 aromatic carbocycles. The molecule has 2 aliphatic heterocycles. The lowest BCUT2D eigenvalue weighted by atomic mass is 9.96. The maximum atomic E-state index is 12.9. The molecule has 1 atom stereocenters. The number of piperidine rings is 1. The number of likely N-dealkylation sites (tertiary alicyclic amines) is 1. The maximum Gasteiger partial charge on any atom is 0.308 e. The van der Waals surface area contributed by atoms with Gasteiger partial charge in [-0.3, -0.25) is 14.4 Å². The van der Waals surface area contributed by atoms with Crippen LogP contribution in [-0.4, -0.2) is 60.1 Å². The summed E-state index contributed by atoms with van der Waals surface area (Å²) in [5, 5.41) is -0.0221. The highest BCUT2D eigenvalue weighted by molar-refractivity contribution is 8.00. The van der Waals surface area contributed by atoms with E-state index in [0.717, 1.165) is 12.0 Å². The van der Waals surface area contributed by atoms with E-state index in [9.17, 15) is 14.4 Å². The number of hydrogen-bond donors (Lipinski definition) is 0. The van der Waals surface area contributed by atoms with E-state index in [0.29, 0.717) is 43.8 Å². The number of benzene rings is 2. The van der Waals surface area contributed by atoms with Gasteiger partial charge in [-0.25, -0.2) is 0 Å². The van der Waals surface area contributed by atoms with Crippen LogP contribution in [-0.2, 0) is 20.7 Å². The van der Waals surface area contributed by atoms with Crippen molar-refractivity contribution in [3.8, 4) is 0 Å². The van der Waals surface area contributed by atoms with Crippen molar-refractivity contribution in [2.45, 2.75) is 24.6 Å². The van der Waals surface area contributed by atoms with Gasteiger partial charge in [0.25, 0.3) is 5.91 Å². The lowest BCUT2D eigenvalue weighted by molar-refractivity contribution is -0.146. The summed E-state index contributed by atoms with van der Waals surface area (Å²) < 4.78 is 4.82. The van der Waals surface area contributed by atoms with Crippen LogP contribution in [0, 0.1) is 5.92 Å². The summed E-state index contributed by atoms with van der Waals surface area (Å²) in [7, 11) is 1.40. The number of esters is 1. The van der Waals surface area contributed by atoms with Crippen LogP contribution in [0.5, 0.6) is 0 Å². The van der Waals surface area contributed by atoms with E-state index in [1.165, 1.54) is 12.7 Å². The highest BCUT2D eigenvalue weighted by atomic mass is 32.2. The molecule has 2 saturated heterocycles. The first kappa shape index (κ1) is 22.4. The van der Waals surface area contributed by atoms with Gasteiger partial charge in [-0.15, -0.1) is 11.8 Å². The Bertz CT molecular complexity index is 956. The predicted octanol–water partition coefficient (Wildman–Crippen LogP) is 3.53. The third-order valence-corrected chi connectivity index (χ3v) is 7.47. The Morgan fingerprint density at radius 2 is 1.72 bits per heavy atom. The van der Waals surface area contributed by atoms with Crippen molar-refractivity contribution in [1.29, 1.82) is 0 Å². The molecule has 2 heterocycles. The fourth-order valence-electron chi connectivity index (χ4n) is 4.32. The van der Waals surface area contributed by atoms with Gasteiger partial charge >= 0.3 is 5.97 Å².